The Balaban J connectivity index is 4.30. The molecule has 0 heterocycles. The van der Waals surface area contributed by atoms with Crippen LogP contribution in [0.2, 0.25) is 0 Å². The van der Waals surface area contributed by atoms with Crippen molar-refractivity contribution in [3.05, 3.63) is 0 Å². The minimum atomic E-state index is -3.21. The molecule has 64 valence electrons. The van der Waals surface area contributed by atoms with E-state index in [1.54, 1.807) is 6.92 Å². The molecule has 0 atom stereocenters. The highest BCUT2D eigenvalue weighted by Gasteiger charge is 2.40. The van der Waals surface area contributed by atoms with E-state index >= 15 is 0 Å². The predicted molar refractivity (Wildman–Crippen MR) is 34.7 cm³/mol. The van der Waals surface area contributed by atoms with Gasteiger partial charge in [-0.25, -0.2) is 4.79 Å². The lowest BCUT2D eigenvalue weighted by atomic mass is 10.1. The molecule has 0 aliphatic heterocycles. The van der Waals surface area contributed by atoms with Crippen LogP contribution in [0.3, 0.4) is 0 Å². The fourth-order valence-corrected chi connectivity index (χ4v) is 0.521. The first kappa shape index (κ1) is 10.1. The summed E-state index contributed by atoms with van der Waals surface area (Å²) in [6, 6.07) is 0. The van der Waals surface area contributed by atoms with E-state index in [-0.39, 0.29) is 6.42 Å². The Labute approximate surface area is 63.3 Å². The van der Waals surface area contributed by atoms with Crippen LogP contribution in [0, 0.1) is 0 Å². The van der Waals surface area contributed by atoms with Gasteiger partial charge in [0.25, 0.3) is 0 Å². The highest BCUT2D eigenvalue weighted by Crippen LogP contribution is 2.05. The zero-order valence-corrected chi connectivity index (χ0v) is 6.07. The van der Waals surface area contributed by atoms with E-state index in [1.165, 1.54) is 0 Å². The smallest absolute Gasteiger partial charge is 0.372 e. The fourth-order valence-electron chi connectivity index (χ4n) is 0.521. The molecule has 0 saturated carbocycles. The van der Waals surface area contributed by atoms with Crippen molar-refractivity contribution in [2.24, 2.45) is 0 Å². The Kier molecular flexibility index (Phi) is 3.16. The molecule has 5 nitrogen and oxygen atoms in total. The lowest BCUT2D eigenvalue weighted by Crippen LogP contribution is -2.46. The summed E-state index contributed by atoms with van der Waals surface area (Å²) in [6.07, 6.45) is 0.230. The molecule has 0 rings (SSSR count). The summed E-state index contributed by atoms with van der Waals surface area (Å²) in [6.45, 7) is 1.63. The van der Waals surface area contributed by atoms with Crippen molar-refractivity contribution in [3.8, 4) is 0 Å². The first-order valence-corrected chi connectivity index (χ1v) is 3.14. The van der Waals surface area contributed by atoms with Crippen molar-refractivity contribution in [1.29, 1.82) is 0 Å². The minimum Gasteiger partial charge on any atom is -0.477 e. The van der Waals surface area contributed by atoms with Crippen LogP contribution in [-0.2, 0) is 9.59 Å². The van der Waals surface area contributed by atoms with Gasteiger partial charge in [-0.15, -0.1) is 0 Å². The number of rotatable bonds is 4. The van der Waals surface area contributed by atoms with Crippen LogP contribution in [0.5, 0.6) is 0 Å². The number of hydrogen-bond donors (Lipinski definition) is 3. The first-order valence-electron chi connectivity index (χ1n) is 3.14. The molecule has 11 heavy (non-hydrogen) atoms. The van der Waals surface area contributed by atoms with Crippen molar-refractivity contribution in [3.63, 3.8) is 0 Å². The lowest BCUT2D eigenvalue weighted by molar-refractivity contribution is -0.204. The molecule has 3 N–H and O–H groups in total. The molecular weight excluding hydrogens is 152 g/mol. The van der Waals surface area contributed by atoms with Gasteiger partial charge in [0.2, 0.25) is 5.78 Å². The number of carboxylic acid groups (broad SMARTS) is 1. The number of hydrogen-bond acceptors (Lipinski definition) is 4. The van der Waals surface area contributed by atoms with Crippen LogP contribution in [0.15, 0.2) is 0 Å². The second-order valence-electron chi connectivity index (χ2n) is 2.15. The normalized spacial score (nSPS) is 11.2. The van der Waals surface area contributed by atoms with Crippen molar-refractivity contribution in [1.82, 2.24) is 0 Å². The van der Waals surface area contributed by atoms with Gasteiger partial charge in [-0.1, -0.05) is 6.92 Å². The van der Waals surface area contributed by atoms with Crippen LogP contribution in [0.1, 0.15) is 19.8 Å². The third-order valence-corrected chi connectivity index (χ3v) is 1.16. The van der Waals surface area contributed by atoms with Crippen molar-refractivity contribution in [2.45, 2.75) is 25.6 Å². The van der Waals surface area contributed by atoms with E-state index in [4.69, 9.17) is 15.3 Å². The number of aliphatic carboxylic acids is 1. The SMILES string of the molecule is CCCC(=O)C(O)(O)C(=O)O. The lowest BCUT2D eigenvalue weighted by Gasteiger charge is -2.13. The highest BCUT2D eigenvalue weighted by molar-refractivity contribution is 6.03. The molecular formula is C6H10O5. The Morgan fingerprint density at radius 1 is 1.36 bits per heavy atom. The summed E-state index contributed by atoms with van der Waals surface area (Å²) < 4.78 is 0. The number of ketones is 1. The van der Waals surface area contributed by atoms with Gasteiger partial charge in [0, 0.05) is 6.42 Å². The van der Waals surface area contributed by atoms with Crippen molar-refractivity contribution in [2.75, 3.05) is 0 Å². The van der Waals surface area contributed by atoms with Crippen molar-refractivity contribution < 1.29 is 24.9 Å². The Morgan fingerprint density at radius 3 is 2.09 bits per heavy atom. The van der Waals surface area contributed by atoms with Crippen LogP contribution in [-0.4, -0.2) is 32.9 Å². The molecule has 0 aliphatic rings. The second kappa shape index (κ2) is 3.45. The van der Waals surface area contributed by atoms with Gasteiger partial charge in [0.1, 0.15) is 0 Å². The van der Waals surface area contributed by atoms with Crippen LogP contribution in [0.4, 0.5) is 0 Å². The summed E-state index contributed by atoms with van der Waals surface area (Å²) in [7, 11) is 0. The Hall–Kier alpha value is -0.940. The summed E-state index contributed by atoms with van der Waals surface area (Å²) >= 11 is 0. The standard InChI is InChI=1S/C6H10O5/c1-2-3-4(7)6(10,11)5(8)9/h10-11H,2-3H2,1H3,(H,8,9). The molecule has 0 unspecified atom stereocenters. The first-order chi connectivity index (χ1) is 4.92. The molecule has 0 aromatic rings. The molecule has 0 aromatic heterocycles. The maximum Gasteiger partial charge on any atom is 0.372 e. The molecule has 0 bridgehead atoms. The number of carbonyl (C=O) groups excluding carboxylic acids is 1. The Morgan fingerprint density at radius 2 is 1.82 bits per heavy atom. The Bertz CT molecular complexity index is 172. The van der Waals surface area contributed by atoms with E-state index in [0.717, 1.165) is 0 Å². The van der Waals surface area contributed by atoms with Gasteiger partial charge in [-0.05, 0) is 6.42 Å². The van der Waals surface area contributed by atoms with E-state index in [1.807, 2.05) is 0 Å². The third-order valence-electron chi connectivity index (χ3n) is 1.16. The van der Waals surface area contributed by atoms with Gasteiger partial charge >= 0.3 is 11.8 Å². The highest BCUT2D eigenvalue weighted by atomic mass is 16.5. The van der Waals surface area contributed by atoms with E-state index in [9.17, 15) is 9.59 Å². The summed E-state index contributed by atoms with van der Waals surface area (Å²) in [5.74, 6) is -6.24. The van der Waals surface area contributed by atoms with Crippen molar-refractivity contribution >= 4 is 11.8 Å². The zero-order chi connectivity index (χ0) is 9.07. The van der Waals surface area contributed by atoms with E-state index in [2.05, 4.69) is 0 Å². The van der Waals surface area contributed by atoms with Gasteiger partial charge < -0.3 is 15.3 Å². The molecule has 0 radical (unpaired) electrons. The predicted octanol–water partition coefficient (Wildman–Crippen LogP) is -0.879. The number of carbonyl (C=O) groups is 2. The molecule has 0 aromatic carbocycles. The summed E-state index contributed by atoms with van der Waals surface area (Å²) in [5.41, 5.74) is 0. The third kappa shape index (κ3) is 2.28. The number of aliphatic hydroxyl groups is 2. The topological polar surface area (TPSA) is 94.8 Å². The fraction of sp³-hybridized carbons (Fsp3) is 0.667. The number of carboxylic acids is 1. The molecule has 0 amide bonds. The average Bonchev–Trinajstić information content (AvgIpc) is 1.88. The summed E-state index contributed by atoms with van der Waals surface area (Å²) in [4.78, 5) is 20.6. The molecule has 0 fully saturated rings. The maximum absolute atomic E-state index is 10.6. The molecule has 0 spiro atoms. The average molecular weight is 162 g/mol. The largest absolute Gasteiger partial charge is 0.477 e. The van der Waals surface area contributed by atoms with Crippen LogP contribution in [0.25, 0.3) is 0 Å². The quantitative estimate of drug-likeness (QED) is 0.368. The van der Waals surface area contributed by atoms with Crippen LogP contribution >= 0.6 is 0 Å². The second-order valence-corrected chi connectivity index (χ2v) is 2.15. The zero-order valence-electron chi connectivity index (χ0n) is 6.07. The van der Waals surface area contributed by atoms with Gasteiger partial charge in [-0.3, -0.25) is 4.79 Å². The van der Waals surface area contributed by atoms with E-state index in [0.29, 0.717) is 6.42 Å². The summed E-state index contributed by atoms with van der Waals surface area (Å²) in [5, 5.41) is 25.3. The molecule has 5 heteroatoms. The van der Waals surface area contributed by atoms with Gasteiger partial charge in [0.05, 0.1) is 0 Å². The monoisotopic (exact) mass is 162 g/mol. The van der Waals surface area contributed by atoms with Crippen LogP contribution < -0.4 is 0 Å². The van der Waals surface area contributed by atoms with Gasteiger partial charge in [0.15, 0.2) is 0 Å². The minimum absolute atomic E-state index is 0.153. The molecule has 0 aliphatic carbocycles. The molecule has 0 saturated heterocycles. The number of Topliss-reactive ketones (excluding diaryl/α,β-unsaturated/α-hetero) is 1. The van der Waals surface area contributed by atoms with Gasteiger partial charge in [-0.2, -0.15) is 0 Å². The maximum atomic E-state index is 10.6. The van der Waals surface area contributed by atoms with E-state index < -0.39 is 17.5 Å².